The molecular formula is C38H70N4O12. The Hall–Kier alpha value is -3.34. The molecule has 0 saturated heterocycles. The molecule has 0 saturated carbocycles. The molecule has 0 fully saturated rings. The molecule has 1 unspecified atom stereocenters. The highest BCUT2D eigenvalue weighted by Gasteiger charge is 2.20. The topological polar surface area (TPSA) is 228 Å². The largest absolute Gasteiger partial charge is 0.480 e. The summed E-state index contributed by atoms with van der Waals surface area (Å²) in [7, 11) is 0. The van der Waals surface area contributed by atoms with E-state index in [4.69, 9.17) is 24.1 Å². The smallest absolute Gasteiger partial charge is 0.326 e. The predicted molar refractivity (Wildman–Crippen MR) is 203 cm³/mol. The minimum Gasteiger partial charge on any atom is -0.480 e. The molecule has 16 heteroatoms. The van der Waals surface area contributed by atoms with E-state index >= 15 is 0 Å². The van der Waals surface area contributed by atoms with Gasteiger partial charge in [0.25, 0.3) is 0 Å². The first-order chi connectivity index (χ1) is 26.1. The van der Waals surface area contributed by atoms with E-state index in [9.17, 15) is 33.9 Å². The van der Waals surface area contributed by atoms with Crippen LogP contribution in [0, 0.1) is 0 Å². The van der Waals surface area contributed by atoms with E-state index in [-0.39, 0.29) is 103 Å². The van der Waals surface area contributed by atoms with Gasteiger partial charge < -0.3 is 50.4 Å². The molecule has 1 atom stereocenters. The number of amides is 4. The number of hydrogen-bond acceptors (Lipinski definition) is 10. The molecule has 0 aliphatic carbocycles. The van der Waals surface area contributed by atoms with Crippen molar-refractivity contribution in [3.8, 4) is 0 Å². The fraction of sp³-hybridized carbons (Fsp3) is 0.842. The molecular weight excluding hydrogens is 704 g/mol. The first-order valence-electron chi connectivity index (χ1n) is 20.0. The van der Waals surface area contributed by atoms with Crippen molar-refractivity contribution in [2.75, 3.05) is 72.5 Å². The zero-order chi connectivity index (χ0) is 39.9. The van der Waals surface area contributed by atoms with Crippen LogP contribution >= 0.6 is 0 Å². The third-order valence-electron chi connectivity index (χ3n) is 8.34. The highest BCUT2D eigenvalue weighted by molar-refractivity contribution is 5.84. The SMILES string of the molecule is CCCCCCCCCCCCCCCCCCC(=O)NC(CCC(=O)NCCOCCOCC(=O)NCCOCCOCC(=O)NCC(=O)O)C(=O)O. The summed E-state index contributed by atoms with van der Waals surface area (Å²) in [5.74, 6) is -3.85. The molecule has 54 heavy (non-hydrogen) atoms. The highest BCUT2D eigenvalue weighted by atomic mass is 16.5. The summed E-state index contributed by atoms with van der Waals surface area (Å²) in [6.45, 7) is 2.90. The average molecular weight is 775 g/mol. The van der Waals surface area contributed by atoms with Crippen LogP contribution in [0.2, 0.25) is 0 Å². The fourth-order valence-corrected chi connectivity index (χ4v) is 5.29. The second-order valence-electron chi connectivity index (χ2n) is 13.3. The number of carboxylic acids is 2. The molecule has 0 spiro atoms. The Balaban J connectivity index is 3.66. The van der Waals surface area contributed by atoms with Gasteiger partial charge in [0.2, 0.25) is 23.6 Å². The van der Waals surface area contributed by atoms with Crippen LogP contribution in [-0.4, -0.2) is 124 Å². The maximum atomic E-state index is 12.3. The first kappa shape index (κ1) is 50.7. The number of carboxylic acid groups (broad SMARTS) is 2. The number of aliphatic carboxylic acids is 2. The lowest BCUT2D eigenvalue weighted by Crippen LogP contribution is -2.41. The molecule has 0 rings (SSSR count). The van der Waals surface area contributed by atoms with Crippen molar-refractivity contribution in [1.29, 1.82) is 0 Å². The molecule has 0 aliphatic heterocycles. The maximum absolute atomic E-state index is 12.3. The van der Waals surface area contributed by atoms with Crippen LogP contribution in [0.25, 0.3) is 0 Å². The van der Waals surface area contributed by atoms with Crippen molar-refractivity contribution >= 4 is 35.6 Å². The first-order valence-corrected chi connectivity index (χ1v) is 20.0. The van der Waals surface area contributed by atoms with Crippen molar-refractivity contribution < 1.29 is 57.9 Å². The van der Waals surface area contributed by atoms with Gasteiger partial charge >= 0.3 is 11.9 Å². The normalized spacial score (nSPS) is 11.5. The maximum Gasteiger partial charge on any atom is 0.326 e. The standard InChI is InChI=1S/C38H70N4O12/c1-2-3-4-5-6-7-8-9-10-11-12-13-14-15-16-17-18-34(44)42-32(38(49)50)19-20-33(43)39-21-23-51-25-27-53-30-35(45)40-22-24-52-26-28-54-31-36(46)41-29-37(47)48/h32H,2-31H2,1H3,(H,39,43)(H,40,45)(H,41,46)(H,42,44)(H,47,48)(H,49,50). The molecule has 0 bridgehead atoms. The van der Waals surface area contributed by atoms with Gasteiger partial charge in [-0.1, -0.05) is 103 Å². The van der Waals surface area contributed by atoms with Gasteiger partial charge in [0.05, 0.1) is 39.6 Å². The zero-order valence-electron chi connectivity index (χ0n) is 32.8. The summed E-state index contributed by atoms with van der Waals surface area (Å²) < 4.78 is 20.9. The number of rotatable bonds is 40. The predicted octanol–water partition coefficient (Wildman–Crippen LogP) is 3.49. The van der Waals surface area contributed by atoms with Crippen LogP contribution in [-0.2, 0) is 47.7 Å². The van der Waals surface area contributed by atoms with E-state index in [1.807, 2.05) is 0 Å². The Kier molecular flexibility index (Phi) is 35.6. The number of ether oxygens (including phenoxy) is 4. The number of carbonyl (C=O) groups is 6. The zero-order valence-corrected chi connectivity index (χ0v) is 32.8. The summed E-state index contributed by atoms with van der Waals surface area (Å²) in [6, 6.07) is -1.12. The molecule has 4 amide bonds. The van der Waals surface area contributed by atoms with Crippen LogP contribution in [0.15, 0.2) is 0 Å². The lowest BCUT2D eigenvalue weighted by atomic mass is 10.0. The summed E-state index contributed by atoms with van der Waals surface area (Å²) in [6.07, 6.45) is 20.1. The van der Waals surface area contributed by atoms with Gasteiger partial charge in [-0.3, -0.25) is 24.0 Å². The minimum atomic E-state index is -1.17. The van der Waals surface area contributed by atoms with Gasteiger partial charge in [-0.05, 0) is 12.8 Å². The monoisotopic (exact) mass is 774 g/mol. The van der Waals surface area contributed by atoms with Crippen LogP contribution in [0.1, 0.15) is 129 Å². The molecule has 0 heterocycles. The summed E-state index contributed by atoms with van der Waals surface area (Å²) in [4.78, 5) is 69.5. The summed E-state index contributed by atoms with van der Waals surface area (Å²) in [5.41, 5.74) is 0. The molecule has 0 aromatic carbocycles. The van der Waals surface area contributed by atoms with E-state index in [1.165, 1.54) is 77.0 Å². The molecule has 6 N–H and O–H groups in total. The van der Waals surface area contributed by atoms with E-state index < -0.39 is 30.4 Å². The fourth-order valence-electron chi connectivity index (χ4n) is 5.29. The van der Waals surface area contributed by atoms with Crippen LogP contribution in [0.3, 0.4) is 0 Å². The summed E-state index contributed by atoms with van der Waals surface area (Å²) in [5, 5.41) is 27.9. The number of nitrogens with one attached hydrogen (secondary N) is 4. The third-order valence-corrected chi connectivity index (χ3v) is 8.34. The number of hydrogen-bond donors (Lipinski definition) is 6. The lowest BCUT2D eigenvalue weighted by molar-refractivity contribution is -0.142. The van der Waals surface area contributed by atoms with Gasteiger partial charge in [0, 0.05) is 25.9 Å². The lowest BCUT2D eigenvalue weighted by Gasteiger charge is -2.14. The van der Waals surface area contributed by atoms with Crippen molar-refractivity contribution in [3.05, 3.63) is 0 Å². The van der Waals surface area contributed by atoms with E-state index in [0.717, 1.165) is 19.3 Å². The molecule has 314 valence electrons. The van der Waals surface area contributed by atoms with E-state index in [0.29, 0.717) is 6.42 Å². The Morgan fingerprint density at radius 2 is 0.907 bits per heavy atom. The Labute approximate surface area is 321 Å². The van der Waals surface area contributed by atoms with Gasteiger partial charge in [-0.2, -0.15) is 0 Å². The highest BCUT2D eigenvalue weighted by Crippen LogP contribution is 2.14. The van der Waals surface area contributed by atoms with Gasteiger partial charge in [-0.25, -0.2) is 4.79 Å². The van der Waals surface area contributed by atoms with Crippen LogP contribution in [0.4, 0.5) is 0 Å². The molecule has 0 aromatic rings. The Morgan fingerprint density at radius 1 is 0.481 bits per heavy atom. The second-order valence-corrected chi connectivity index (χ2v) is 13.3. The van der Waals surface area contributed by atoms with Crippen LogP contribution < -0.4 is 21.3 Å². The average Bonchev–Trinajstić information content (AvgIpc) is 3.14. The van der Waals surface area contributed by atoms with Gasteiger partial charge in [-0.15, -0.1) is 0 Å². The molecule has 0 radical (unpaired) electrons. The molecule has 0 aromatic heterocycles. The van der Waals surface area contributed by atoms with Crippen molar-refractivity contribution in [2.24, 2.45) is 0 Å². The van der Waals surface area contributed by atoms with Gasteiger partial charge in [0.1, 0.15) is 25.8 Å². The Bertz CT molecular complexity index is 1000. The number of carbonyl (C=O) groups excluding carboxylic acids is 4. The van der Waals surface area contributed by atoms with E-state index in [1.54, 1.807) is 0 Å². The Morgan fingerprint density at radius 3 is 1.37 bits per heavy atom. The van der Waals surface area contributed by atoms with Crippen LogP contribution in [0.5, 0.6) is 0 Å². The molecule has 16 nitrogen and oxygen atoms in total. The minimum absolute atomic E-state index is 0.0131. The van der Waals surface area contributed by atoms with Crippen molar-refractivity contribution in [2.45, 2.75) is 135 Å². The third kappa shape index (κ3) is 37.0. The van der Waals surface area contributed by atoms with Gasteiger partial charge in [0.15, 0.2) is 0 Å². The van der Waals surface area contributed by atoms with E-state index in [2.05, 4.69) is 28.2 Å². The summed E-state index contributed by atoms with van der Waals surface area (Å²) >= 11 is 0. The molecule has 0 aliphatic rings. The quantitative estimate of drug-likeness (QED) is 0.0492. The van der Waals surface area contributed by atoms with Crippen molar-refractivity contribution in [1.82, 2.24) is 21.3 Å². The van der Waals surface area contributed by atoms with Crippen molar-refractivity contribution in [3.63, 3.8) is 0 Å². The number of unbranched alkanes of at least 4 members (excludes halogenated alkanes) is 15. The second kappa shape index (κ2) is 38.0.